The van der Waals surface area contributed by atoms with Gasteiger partial charge in [-0.25, -0.2) is 9.59 Å². The monoisotopic (exact) mass is 1630 g/mol. The Balaban J connectivity index is 0.853. The second-order valence-electron chi connectivity index (χ2n) is 26.1. The zero-order chi connectivity index (χ0) is 82.1. The molecule has 14 unspecified atom stereocenters. The molecule has 16 N–H and O–H groups in total. The number of esters is 1. The summed E-state index contributed by atoms with van der Waals surface area (Å²) in [6.45, 7) is 3.03. The molecule has 112 heavy (non-hydrogen) atoms. The van der Waals surface area contributed by atoms with Gasteiger partial charge in [0.15, 0.2) is 24.8 Å². The molecule has 0 spiro atoms. The van der Waals surface area contributed by atoms with Gasteiger partial charge in [0.2, 0.25) is 23.6 Å². The number of fused-ring (bicyclic) bond motifs is 1. The van der Waals surface area contributed by atoms with Crippen molar-refractivity contribution in [3.63, 3.8) is 0 Å². The van der Waals surface area contributed by atoms with Gasteiger partial charge in [0, 0.05) is 47.1 Å². The van der Waals surface area contributed by atoms with Gasteiger partial charge < -0.3 is 105 Å². The Hall–Kier alpha value is -9.42. The third kappa shape index (κ3) is 24.1. The minimum absolute atomic E-state index is 0.0241. The Morgan fingerprint density at radius 2 is 1.27 bits per heavy atom. The Morgan fingerprint density at radius 3 is 1.88 bits per heavy atom. The lowest BCUT2D eigenvalue weighted by Crippen LogP contribution is -2.63. The molecular weight excluding hydrogens is 1550 g/mol. The van der Waals surface area contributed by atoms with Crippen molar-refractivity contribution in [2.75, 3.05) is 63.4 Å². The fraction of sp³-hybridized carbons (Fsp3) is 0.443. The lowest BCUT2D eigenvalue weighted by molar-refractivity contribution is -0.330. The van der Waals surface area contributed by atoms with Gasteiger partial charge in [-0.1, -0.05) is 76.1 Å². The smallest absolute Gasteiger partial charge is 0.338 e. The minimum atomic E-state index is -5.39. The molecule has 0 radical (unpaired) electrons. The summed E-state index contributed by atoms with van der Waals surface area (Å²) in [4.78, 5) is 97.4. The van der Waals surface area contributed by atoms with Crippen LogP contribution in [0.3, 0.4) is 0 Å². The summed E-state index contributed by atoms with van der Waals surface area (Å²) in [5, 5.41) is 97.1. The second kappa shape index (κ2) is 39.4. The lowest BCUT2D eigenvalue weighted by atomic mass is 9.95. The molecule has 6 aromatic rings. The maximum atomic E-state index is 14.1. The molecule has 15 atom stereocenters. The van der Waals surface area contributed by atoms with E-state index in [0.717, 1.165) is 18.2 Å². The van der Waals surface area contributed by atoms with Gasteiger partial charge in [-0.15, -0.1) is 0 Å². The van der Waals surface area contributed by atoms with E-state index in [2.05, 4.69) is 36.6 Å². The van der Waals surface area contributed by atoms with Crippen molar-refractivity contribution < 1.29 is 151 Å². The maximum Gasteiger partial charge on any atom is 0.338 e. The number of aliphatic hydroxyl groups is 5. The highest BCUT2D eigenvalue weighted by Crippen LogP contribution is 2.38. The zero-order valence-corrected chi connectivity index (χ0v) is 62.6. The number of aromatic hydroxyl groups is 2. The van der Waals surface area contributed by atoms with Crippen molar-refractivity contribution in [2.45, 2.75) is 148 Å². The second-order valence-corrected chi connectivity index (χ2v) is 30.3. The van der Waals surface area contributed by atoms with Crippen LogP contribution in [0.5, 0.6) is 11.9 Å². The number of aliphatic hydroxyl groups excluding tert-OH is 5. The summed E-state index contributed by atoms with van der Waals surface area (Å²) >= 11 is 0. The van der Waals surface area contributed by atoms with Gasteiger partial charge in [-0.2, -0.15) is 35.2 Å². The molecule has 0 saturated carbocycles. The molecule has 610 valence electrons. The number of nitrogens with zero attached hydrogens (tertiary/aromatic N) is 2. The van der Waals surface area contributed by atoms with Crippen LogP contribution in [0.15, 0.2) is 124 Å². The van der Waals surface area contributed by atoms with Crippen LogP contribution in [0.4, 0.5) is 11.4 Å². The van der Waals surface area contributed by atoms with E-state index < -0.39 is 239 Å². The third-order valence-corrected chi connectivity index (χ3v) is 20.3. The predicted molar refractivity (Wildman–Crippen MR) is 385 cm³/mol. The average molecular weight is 1630 g/mol. The molecule has 5 amide bonds. The number of benzene rings is 5. The first-order valence-corrected chi connectivity index (χ1v) is 38.9. The Labute approximate surface area is 640 Å². The molecule has 2 fully saturated rings. The number of hydrogen-bond acceptors (Lipinski definition) is 30. The highest BCUT2D eigenvalue weighted by atomic mass is 32.2. The third-order valence-electron chi connectivity index (χ3n) is 17.7. The molecule has 1 aromatic heterocycles. The number of carbonyl (C=O) groups excluding carboxylic acids is 6. The van der Waals surface area contributed by atoms with E-state index in [-0.39, 0.29) is 49.8 Å². The van der Waals surface area contributed by atoms with E-state index in [1.54, 1.807) is 37.3 Å². The fourth-order valence-electron chi connectivity index (χ4n) is 12.0. The van der Waals surface area contributed by atoms with Crippen molar-refractivity contribution in [2.24, 2.45) is 11.8 Å². The molecule has 5 aromatic carbocycles. The van der Waals surface area contributed by atoms with Gasteiger partial charge in [0.1, 0.15) is 71.4 Å². The van der Waals surface area contributed by atoms with E-state index in [4.69, 9.17) is 37.9 Å². The van der Waals surface area contributed by atoms with Crippen molar-refractivity contribution in [1.82, 2.24) is 25.9 Å². The van der Waals surface area contributed by atoms with Crippen LogP contribution in [-0.2, 0) is 87.4 Å². The SMILES string of the molecule is CCCC(C)C[C@H](OC1C(O)C(CO)OC(OCC(OC2OC(C)C(O)C(O)C2O)C(CC(C)C(=O)NCCNC(=O)COCCOCC(=O)Nc2ccc(-c3ccc(C(=O)Nc4ccc(S(=O)(=O)O)c5cc(S(=O)(=O)O)cc(S(=O)(=O)O)c45)cc3)cc2)NC(=O)c2cc(O)nc(O)n2)C1OC(=O)c1ccccc1)C(=O)O. The van der Waals surface area contributed by atoms with Gasteiger partial charge in [-0.05, 0) is 97.5 Å². The van der Waals surface area contributed by atoms with Crippen LogP contribution in [0.25, 0.3) is 21.9 Å². The standard InChI is InChI=1S/C70H85N7O32S3/c1-5-9-35(2)26-48(66(89)90)106-61-58(83)49(31-78)107-69(62(61)109-67(91)41-10-7-6-8-11-41)104-32-50(108-68-60(85)59(84)57(82)37(4)105-68)46(75-65(88)47-30-53(79)77-70(92)76-47)27-36(3)63(86)72-23-22-71-54(80)33-102-24-25-103-34-55(81)73-42-18-16-39(17-19-42)38-12-14-40(15-13-38)64(87)74-45-20-21-51(111(96,97)98)44-28-43(110(93,94)95)29-52(56(44)45)112(99,100)101/h6-8,10-21,28-30,35-37,46,48-50,57-62,68-69,78,82-85H,5,9,22-27,31-34H2,1-4H3,(H,71,80)(H,72,86)(H,73,81)(H,74,87)(H,75,88)(H,89,90)(H,93,94,95)(H,96,97,98)(H,99,100,101)(H2,76,77,79,92)/t35?,36?,37?,46?,48-,49?,50?,57?,58?,59?,60?,61?,62?,68?,69?/m0/s1. The van der Waals surface area contributed by atoms with Crippen molar-refractivity contribution >= 4 is 94.0 Å². The van der Waals surface area contributed by atoms with E-state index in [1.165, 1.54) is 62.4 Å². The Bertz CT molecular complexity index is 4650. The molecule has 2 saturated heterocycles. The first-order chi connectivity index (χ1) is 52.8. The Kier molecular flexibility index (Phi) is 31.0. The average Bonchev–Trinajstić information content (AvgIpc) is 0.741. The van der Waals surface area contributed by atoms with E-state index in [9.17, 15) is 113 Å². The molecule has 2 aliphatic heterocycles. The van der Waals surface area contributed by atoms with Crippen LogP contribution < -0.4 is 26.6 Å². The molecular formula is C70H85N7O32S3. The number of anilines is 2. The predicted octanol–water partition coefficient (Wildman–Crippen LogP) is 0.927. The van der Waals surface area contributed by atoms with Gasteiger partial charge in [-0.3, -0.25) is 37.6 Å². The fourth-order valence-corrected chi connectivity index (χ4v) is 14.0. The number of ether oxygens (including phenoxy) is 8. The van der Waals surface area contributed by atoms with Gasteiger partial charge in [0.25, 0.3) is 42.2 Å². The van der Waals surface area contributed by atoms with Gasteiger partial charge in [0.05, 0.1) is 54.7 Å². The number of aromatic nitrogens is 2. The highest BCUT2D eigenvalue weighted by Gasteiger charge is 2.52. The van der Waals surface area contributed by atoms with Crippen LogP contribution >= 0.6 is 0 Å². The summed E-state index contributed by atoms with van der Waals surface area (Å²) in [7, 11) is -15.8. The van der Waals surface area contributed by atoms with E-state index in [0.29, 0.717) is 41.8 Å². The van der Waals surface area contributed by atoms with Crippen LogP contribution in [0.1, 0.15) is 84.6 Å². The van der Waals surface area contributed by atoms with Gasteiger partial charge >= 0.3 is 17.9 Å². The largest absolute Gasteiger partial charge is 0.493 e. The number of carboxylic acid groups (broad SMARTS) is 1. The number of carboxylic acids is 1. The summed E-state index contributed by atoms with van der Waals surface area (Å²) in [5.41, 5.74) is 0.409. The number of rotatable bonds is 38. The minimum Gasteiger partial charge on any atom is -0.493 e. The van der Waals surface area contributed by atoms with E-state index in [1.807, 2.05) is 6.92 Å². The molecule has 42 heteroatoms. The van der Waals surface area contributed by atoms with Crippen LogP contribution in [0, 0.1) is 11.8 Å². The normalized spacial score (nSPS) is 21.4. The summed E-state index contributed by atoms with van der Waals surface area (Å²) in [6.07, 6.45) is -20.4. The molecule has 8 rings (SSSR count). The number of hydrogen-bond donors (Lipinski definition) is 16. The summed E-state index contributed by atoms with van der Waals surface area (Å²) in [5.74, 6) is -8.67. The lowest BCUT2D eigenvalue weighted by Gasteiger charge is -2.45. The van der Waals surface area contributed by atoms with Crippen LogP contribution in [0.2, 0.25) is 0 Å². The van der Waals surface area contributed by atoms with Crippen molar-refractivity contribution in [1.29, 1.82) is 0 Å². The molecule has 0 aliphatic carbocycles. The quantitative estimate of drug-likeness (QED) is 0.0146. The summed E-state index contributed by atoms with van der Waals surface area (Å²) < 4.78 is 150. The number of nitrogens with one attached hydrogen (secondary N) is 5. The van der Waals surface area contributed by atoms with E-state index >= 15 is 0 Å². The topological polar surface area (TPSA) is 604 Å². The van der Waals surface area contributed by atoms with Crippen molar-refractivity contribution in [3.8, 4) is 23.0 Å². The van der Waals surface area contributed by atoms with Crippen LogP contribution in [-0.4, -0.2) is 264 Å². The molecule has 39 nitrogen and oxygen atoms in total. The summed E-state index contributed by atoms with van der Waals surface area (Å²) in [6, 6.07) is 20.3. The molecule has 3 heterocycles. The Morgan fingerprint density at radius 1 is 0.634 bits per heavy atom. The first-order valence-electron chi connectivity index (χ1n) is 34.5. The number of aliphatic carboxylic acids is 1. The van der Waals surface area contributed by atoms with Crippen molar-refractivity contribution in [3.05, 3.63) is 126 Å². The number of amides is 5. The first kappa shape index (κ1) is 88.1. The zero-order valence-electron chi connectivity index (χ0n) is 60.1. The maximum absolute atomic E-state index is 14.1. The highest BCUT2D eigenvalue weighted by molar-refractivity contribution is 7.87. The number of carbonyl (C=O) groups is 7. The molecule has 0 bridgehead atoms. The molecule has 2 aliphatic rings.